The monoisotopic (exact) mass is 921 g/mol. The highest BCUT2D eigenvalue weighted by molar-refractivity contribution is 5.85. The first-order chi connectivity index (χ1) is 31.3. The number of carbonyl (C=O) groups is 4. The first kappa shape index (κ1) is 46.5. The summed E-state index contributed by atoms with van der Waals surface area (Å²) in [5, 5.41) is 30.4. The van der Waals surface area contributed by atoms with E-state index < -0.39 is 46.2 Å². The molecule has 1 saturated heterocycles. The molecule has 1 heterocycles. The van der Waals surface area contributed by atoms with E-state index >= 15 is 0 Å². The quantitative estimate of drug-likeness (QED) is 0.188. The van der Waals surface area contributed by atoms with Crippen molar-refractivity contribution in [1.29, 1.82) is 0 Å². The van der Waals surface area contributed by atoms with Gasteiger partial charge in [-0.05, 0) is 216 Å². The number of rotatable bonds is 3. The Morgan fingerprint density at radius 3 is 1.55 bits per heavy atom. The van der Waals surface area contributed by atoms with Crippen LogP contribution in [0.15, 0.2) is 36.5 Å². The summed E-state index contributed by atoms with van der Waals surface area (Å²) in [6.45, 7) is 29.4. The third kappa shape index (κ3) is 5.60. The molecule has 368 valence electrons. The number of carboxylic acid groups (broad SMARTS) is 3. The van der Waals surface area contributed by atoms with Gasteiger partial charge in [0.25, 0.3) is 0 Å². The van der Waals surface area contributed by atoms with Crippen LogP contribution in [0.25, 0.3) is 0 Å². The molecule has 12 aliphatic carbocycles. The Morgan fingerprint density at radius 2 is 1.00 bits per heavy atom. The van der Waals surface area contributed by atoms with Gasteiger partial charge in [0.1, 0.15) is 5.60 Å². The number of esters is 1. The number of carbonyl (C=O) groups excluding carboxylic acids is 1. The number of carboxylic acids is 3. The smallest absolute Gasteiger partial charge is 0.312 e. The molecule has 67 heavy (non-hydrogen) atoms. The summed E-state index contributed by atoms with van der Waals surface area (Å²) in [4.78, 5) is 49.7. The second-order valence-electron chi connectivity index (χ2n) is 28.2. The number of fused-ring (bicyclic) bond motifs is 7. The van der Waals surface area contributed by atoms with E-state index in [4.69, 9.17) is 4.74 Å². The number of hydrogen-bond donors (Lipinski definition) is 3. The first-order valence-corrected chi connectivity index (χ1v) is 27.3. The minimum atomic E-state index is -0.929. The lowest BCUT2D eigenvalue weighted by Gasteiger charge is -2.51. The molecule has 3 spiro atoms. The molecule has 13 fully saturated rings. The van der Waals surface area contributed by atoms with Crippen LogP contribution < -0.4 is 0 Å². The molecule has 0 radical (unpaired) electrons. The predicted molar refractivity (Wildman–Crippen MR) is 257 cm³/mol. The summed E-state index contributed by atoms with van der Waals surface area (Å²) < 4.78 is 6.10. The Balaban J connectivity index is 0.000000111. The van der Waals surface area contributed by atoms with Crippen molar-refractivity contribution < 1.29 is 39.2 Å². The Kier molecular flexibility index (Phi) is 9.97. The van der Waals surface area contributed by atoms with Crippen molar-refractivity contribution in [3.05, 3.63) is 36.5 Å². The van der Waals surface area contributed by atoms with E-state index in [0.29, 0.717) is 40.4 Å². The summed E-state index contributed by atoms with van der Waals surface area (Å²) in [6, 6.07) is 0. The summed E-state index contributed by atoms with van der Waals surface area (Å²) in [7, 11) is 0. The Hall–Kier alpha value is -2.90. The van der Waals surface area contributed by atoms with Crippen LogP contribution in [0.5, 0.6) is 0 Å². The maximum Gasteiger partial charge on any atom is 0.312 e. The maximum atomic E-state index is 12.7. The van der Waals surface area contributed by atoms with Gasteiger partial charge >= 0.3 is 23.9 Å². The lowest BCUT2D eigenvalue weighted by molar-refractivity contribution is -0.166. The number of allylic oxidation sites excluding steroid dienone is 3. The molecule has 0 aromatic heterocycles. The molecule has 8 heteroatoms. The van der Waals surface area contributed by atoms with Crippen molar-refractivity contribution in [3.63, 3.8) is 0 Å². The van der Waals surface area contributed by atoms with Crippen LogP contribution in [0, 0.1) is 114 Å². The van der Waals surface area contributed by atoms with Crippen LogP contribution in [0.3, 0.4) is 0 Å². The Labute approximate surface area is 401 Å². The summed E-state index contributed by atoms with van der Waals surface area (Å²) in [5.41, 5.74) is 3.18. The molecule has 0 amide bonds. The zero-order chi connectivity index (χ0) is 48.0. The number of aliphatic carboxylic acids is 3. The fourth-order valence-corrected chi connectivity index (χ4v) is 23.8. The Bertz CT molecular complexity index is 2240. The fraction of sp³-hybridized carbons (Fsp3) is 0.831. The van der Waals surface area contributed by atoms with Crippen molar-refractivity contribution in [2.45, 2.75) is 189 Å². The van der Waals surface area contributed by atoms with Gasteiger partial charge < -0.3 is 20.1 Å². The molecular formula is C59H84O8. The first-order valence-electron chi connectivity index (χ1n) is 27.3. The zero-order valence-corrected chi connectivity index (χ0v) is 42.3. The molecule has 7 unspecified atom stereocenters. The third-order valence-electron chi connectivity index (χ3n) is 25.4. The van der Waals surface area contributed by atoms with E-state index in [1.54, 1.807) is 5.57 Å². The SMILES string of the molecule is C=C1C[C@]23C[C@H]1CCC2C1(C)CCCC(C)(C(=O)O)C1C3C(=O)O.C=C1C[C@]23C[C@H]1CCC2[C@@]12CCC[C@@](C)(C(=O)O1)[C@H]2C3C(=O)O.C=C1C[C@]23C[C@H]1CC[C@H]2[C@]1(C)CCCC(C)(C)[C@H]1[C@@H]3C. The highest BCUT2D eigenvalue weighted by Crippen LogP contribution is 2.81. The van der Waals surface area contributed by atoms with Crippen LogP contribution in [0.2, 0.25) is 0 Å². The van der Waals surface area contributed by atoms with Crippen molar-refractivity contribution in [2.75, 3.05) is 0 Å². The minimum absolute atomic E-state index is 0.139. The highest BCUT2D eigenvalue weighted by atomic mass is 16.6. The fourth-order valence-electron chi connectivity index (χ4n) is 23.8. The van der Waals surface area contributed by atoms with Crippen LogP contribution in [0.1, 0.15) is 183 Å². The second kappa shape index (κ2) is 14.4. The molecular weight excluding hydrogens is 837 g/mol. The van der Waals surface area contributed by atoms with Crippen molar-refractivity contribution in [3.8, 4) is 0 Å². The number of ether oxygens (including phenoxy) is 1. The molecule has 12 saturated carbocycles. The van der Waals surface area contributed by atoms with Crippen LogP contribution in [-0.2, 0) is 23.9 Å². The molecule has 13 aliphatic rings. The molecule has 1 aliphatic heterocycles. The maximum absolute atomic E-state index is 12.7. The molecule has 13 rings (SSSR count). The Morgan fingerprint density at radius 1 is 0.552 bits per heavy atom. The van der Waals surface area contributed by atoms with Gasteiger partial charge in [-0.1, -0.05) is 83.9 Å². The lowest BCUT2D eigenvalue weighted by Crippen LogP contribution is -2.50. The van der Waals surface area contributed by atoms with E-state index in [2.05, 4.69) is 54.4 Å². The van der Waals surface area contributed by atoms with E-state index in [1.165, 1.54) is 56.1 Å². The molecule has 3 N–H and O–H groups in total. The van der Waals surface area contributed by atoms with Crippen molar-refractivity contribution in [1.82, 2.24) is 0 Å². The van der Waals surface area contributed by atoms with Gasteiger partial charge in [0.15, 0.2) is 0 Å². The summed E-state index contributed by atoms with van der Waals surface area (Å²) >= 11 is 0. The molecule has 8 nitrogen and oxygen atoms in total. The second-order valence-corrected chi connectivity index (χ2v) is 28.2. The van der Waals surface area contributed by atoms with Gasteiger partial charge in [0, 0.05) is 11.8 Å². The largest absolute Gasteiger partial charge is 0.481 e. The van der Waals surface area contributed by atoms with Crippen molar-refractivity contribution >= 4 is 23.9 Å². The average molecular weight is 921 g/mol. The van der Waals surface area contributed by atoms with Crippen LogP contribution >= 0.6 is 0 Å². The summed E-state index contributed by atoms with van der Waals surface area (Å²) in [6.07, 6.45) is 22.9. The zero-order valence-electron chi connectivity index (χ0n) is 42.3. The minimum Gasteiger partial charge on any atom is -0.481 e. The predicted octanol–water partition coefficient (Wildman–Crippen LogP) is 13.0. The van der Waals surface area contributed by atoms with E-state index in [1.807, 2.05) is 13.8 Å². The topological polar surface area (TPSA) is 138 Å². The van der Waals surface area contributed by atoms with Crippen LogP contribution in [0.4, 0.5) is 0 Å². The third-order valence-corrected chi connectivity index (χ3v) is 25.4. The van der Waals surface area contributed by atoms with E-state index in [9.17, 15) is 34.5 Å². The lowest BCUT2D eigenvalue weighted by atomic mass is 9.53. The van der Waals surface area contributed by atoms with Gasteiger partial charge in [0.05, 0.1) is 22.7 Å². The van der Waals surface area contributed by atoms with Crippen LogP contribution in [-0.4, -0.2) is 44.8 Å². The van der Waals surface area contributed by atoms with Gasteiger partial charge in [0.2, 0.25) is 0 Å². The summed E-state index contributed by atoms with van der Waals surface area (Å²) in [5.74, 6) is 1.31. The standard InChI is InChI=1S/C20H28O4.C20H32.C19H24O4/c1-11-9-20-10-12(11)5-6-13(20)18(2)7-4-8-19(3,17(23)24)15(18)14(20)16(21)22;1-13-11-20-12-15(13)7-8-16(20)19(5)10-6-9-18(3,4)17(19)14(20)2;1-10-8-18-9-11(10)4-5-12(18)19-7-3-6-17(2,16(22)23-19)14(19)13(18)15(20)21/h12-15H,1,4-10H2,2-3H3,(H,21,22)(H,23,24);14-17H,1,6-12H2,2-5H3;11-14H,1,3-9H2,2H3,(H,20,21)/t12-,13?,14?,15?,18?,19?,20+;14-,15+,16-,17+,19-,20+;11-,12?,13?,14-,17-,18+,19-/m101/s1. The van der Waals surface area contributed by atoms with Gasteiger partial charge in [-0.3, -0.25) is 19.2 Å². The van der Waals surface area contributed by atoms with Gasteiger partial charge in [-0.25, -0.2) is 0 Å². The molecule has 8 bridgehead atoms. The van der Waals surface area contributed by atoms with E-state index in [-0.39, 0.29) is 40.0 Å². The van der Waals surface area contributed by atoms with Crippen molar-refractivity contribution in [2.24, 2.45) is 114 Å². The van der Waals surface area contributed by atoms with Gasteiger partial charge in [-0.2, -0.15) is 0 Å². The average Bonchev–Trinajstić information content (AvgIpc) is 3.98. The number of hydrogen-bond acceptors (Lipinski definition) is 5. The normalized spacial score (nSPS) is 55.0. The highest BCUT2D eigenvalue weighted by Gasteiger charge is 2.82. The van der Waals surface area contributed by atoms with E-state index in [0.717, 1.165) is 107 Å². The molecule has 0 aromatic carbocycles. The van der Waals surface area contributed by atoms with Gasteiger partial charge in [-0.15, -0.1) is 0 Å². The molecule has 0 aromatic rings. The molecule has 20 atom stereocenters.